The number of ether oxygens (including phenoxy) is 1. The van der Waals surface area contributed by atoms with Crippen molar-refractivity contribution in [1.82, 2.24) is 19.2 Å². The highest BCUT2D eigenvalue weighted by Crippen LogP contribution is 2.19. The van der Waals surface area contributed by atoms with Crippen molar-refractivity contribution in [1.29, 1.82) is 0 Å². The van der Waals surface area contributed by atoms with Gasteiger partial charge in [0.15, 0.2) is 0 Å². The van der Waals surface area contributed by atoms with E-state index >= 15 is 0 Å². The maximum atomic E-state index is 12.3. The van der Waals surface area contributed by atoms with Crippen LogP contribution in [0.4, 0.5) is 10.6 Å². The van der Waals surface area contributed by atoms with Gasteiger partial charge in [0.25, 0.3) is 10.0 Å². The van der Waals surface area contributed by atoms with Crippen LogP contribution in [0, 0.1) is 10.1 Å². The predicted molar refractivity (Wildman–Crippen MR) is 88.1 cm³/mol. The molecule has 0 saturated heterocycles. The van der Waals surface area contributed by atoms with Crippen molar-refractivity contribution < 1.29 is 22.9 Å². The standard InChI is InChI=1S/C14H15N5O6S/c20-13(16-26(23,24)11-4-2-1-3-5-11)17-6-7-18-10-12(19(21)22)15-14(18)25-9-8-17/h1-5,10H,6-9H2,(H,16,20). The molecule has 11 nitrogen and oxygen atoms in total. The number of sulfonamides is 1. The monoisotopic (exact) mass is 381 g/mol. The molecule has 26 heavy (non-hydrogen) atoms. The molecule has 3 rings (SSSR count). The molecule has 0 aliphatic carbocycles. The quantitative estimate of drug-likeness (QED) is 0.606. The summed E-state index contributed by atoms with van der Waals surface area (Å²) in [6, 6.07) is 6.82. The van der Waals surface area contributed by atoms with Crippen molar-refractivity contribution in [3.05, 3.63) is 46.6 Å². The minimum atomic E-state index is -3.99. The van der Waals surface area contributed by atoms with Crippen LogP contribution in [0.5, 0.6) is 6.01 Å². The molecule has 0 fully saturated rings. The lowest BCUT2D eigenvalue weighted by molar-refractivity contribution is -0.389. The number of hydrogen-bond donors (Lipinski definition) is 1. The number of hydrogen-bond acceptors (Lipinski definition) is 7. The molecule has 1 aliphatic rings. The van der Waals surface area contributed by atoms with Gasteiger partial charge < -0.3 is 19.8 Å². The van der Waals surface area contributed by atoms with E-state index in [4.69, 9.17) is 4.74 Å². The zero-order valence-electron chi connectivity index (χ0n) is 13.4. The van der Waals surface area contributed by atoms with Gasteiger partial charge >= 0.3 is 17.9 Å². The first-order valence-corrected chi connectivity index (χ1v) is 9.06. The summed E-state index contributed by atoms with van der Waals surface area (Å²) in [6.07, 6.45) is 1.21. The SMILES string of the molecule is O=C(NS(=O)(=O)c1ccccc1)N1CCOc2nc([N+](=O)[O-])cn2CC1. The molecule has 1 N–H and O–H groups in total. The van der Waals surface area contributed by atoms with Gasteiger partial charge in [-0.05, 0) is 17.1 Å². The van der Waals surface area contributed by atoms with E-state index < -0.39 is 21.0 Å². The van der Waals surface area contributed by atoms with Crippen LogP contribution in [0.1, 0.15) is 0 Å². The first-order chi connectivity index (χ1) is 12.4. The topological polar surface area (TPSA) is 137 Å². The highest BCUT2D eigenvalue weighted by Gasteiger charge is 2.26. The molecule has 0 saturated carbocycles. The molecule has 0 unspecified atom stereocenters. The van der Waals surface area contributed by atoms with Crippen LogP contribution in [0.2, 0.25) is 0 Å². The lowest BCUT2D eigenvalue weighted by Gasteiger charge is -2.24. The van der Waals surface area contributed by atoms with E-state index in [1.807, 2.05) is 4.72 Å². The predicted octanol–water partition coefficient (Wildman–Crippen LogP) is 0.584. The number of amides is 2. The second-order valence-corrected chi connectivity index (χ2v) is 7.07. The molecule has 1 aromatic heterocycles. The van der Waals surface area contributed by atoms with Crippen molar-refractivity contribution in [3.8, 4) is 6.01 Å². The van der Waals surface area contributed by atoms with Crippen LogP contribution >= 0.6 is 0 Å². The third kappa shape index (κ3) is 3.74. The minimum absolute atomic E-state index is 0.0208. The number of rotatable bonds is 3. The largest absolute Gasteiger partial charge is 0.444 e. The fraction of sp³-hybridized carbons (Fsp3) is 0.286. The van der Waals surface area contributed by atoms with Gasteiger partial charge in [0, 0.05) is 18.1 Å². The van der Waals surface area contributed by atoms with Gasteiger partial charge in [0.05, 0.1) is 11.4 Å². The average Bonchev–Trinajstić information content (AvgIpc) is 2.98. The van der Waals surface area contributed by atoms with Gasteiger partial charge in [0.1, 0.15) is 12.8 Å². The number of benzene rings is 1. The van der Waals surface area contributed by atoms with Crippen molar-refractivity contribution in [2.24, 2.45) is 0 Å². The number of nitrogens with one attached hydrogen (secondary N) is 1. The molecular formula is C14H15N5O6S. The summed E-state index contributed by atoms with van der Waals surface area (Å²) in [5.74, 6) is -0.357. The lowest BCUT2D eigenvalue weighted by atomic mass is 10.4. The zero-order chi connectivity index (χ0) is 18.7. The third-order valence-corrected chi connectivity index (χ3v) is 5.02. The molecule has 138 valence electrons. The highest BCUT2D eigenvalue weighted by atomic mass is 32.2. The summed E-state index contributed by atoms with van der Waals surface area (Å²) in [4.78, 5) is 27.5. The van der Waals surface area contributed by atoms with Crippen LogP contribution in [0.3, 0.4) is 0 Å². The number of aromatic nitrogens is 2. The molecular weight excluding hydrogens is 366 g/mol. The zero-order valence-corrected chi connectivity index (χ0v) is 14.3. The highest BCUT2D eigenvalue weighted by molar-refractivity contribution is 7.90. The Balaban J connectivity index is 1.70. The number of nitrogens with zero attached hydrogens (tertiary/aromatic N) is 4. The molecule has 0 bridgehead atoms. The van der Waals surface area contributed by atoms with Crippen LogP contribution in [-0.2, 0) is 16.6 Å². The smallest absolute Gasteiger partial charge is 0.414 e. The Morgan fingerprint density at radius 3 is 2.65 bits per heavy atom. The summed E-state index contributed by atoms with van der Waals surface area (Å²) in [5.41, 5.74) is 0. The lowest BCUT2D eigenvalue weighted by Crippen LogP contribution is -2.46. The van der Waals surface area contributed by atoms with E-state index in [1.54, 1.807) is 18.2 Å². The number of carbonyl (C=O) groups excluding carboxylic acids is 1. The first kappa shape index (κ1) is 17.7. The number of nitro groups is 1. The average molecular weight is 381 g/mol. The Morgan fingerprint density at radius 1 is 1.23 bits per heavy atom. The van der Waals surface area contributed by atoms with E-state index in [1.165, 1.54) is 27.8 Å². The van der Waals surface area contributed by atoms with Crippen LogP contribution in [0.25, 0.3) is 0 Å². The first-order valence-electron chi connectivity index (χ1n) is 7.58. The number of fused-ring (bicyclic) bond motifs is 1. The minimum Gasteiger partial charge on any atom is -0.444 e. The Hall–Kier alpha value is -3.15. The van der Waals surface area contributed by atoms with Crippen LogP contribution in [-0.4, -0.2) is 53.5 Å². The molecule has 0 radical (unpaired) electrons. The third-order valence-electron chi connectivity index (χ3n) is 3.68. The number of imidazole rings is 1. The van der Waals surface area contributed by atoms with Crippen molar-refractivity contribution in [3.63, 3.8) is 0 Å². The van der Waals surface area contributed by atoms with Crippen molar-refractivity contribution in [2.45, 2.75) is 11.4 Å². The molecule has 1 aliphatic heterocycles. The van der Waals surface area contributed by atoms with Crippen LogP contribution in [0.15, 0.2) is 41.4 Å². The fourth-order valence-corrected chi connectivity index (χ4v) is 3.37. The second-order valence-electron chi connectivity index (χ2n) is 5.39. The summed E-state index contributed by atoms with van der Waals surface area (Å²) in [6.45, 7) is 0.443. The van der Waals surface area contributed by atoms with E-state index in [2.05, 4.69) is 4.98 Å². The molecule has 2 heterocycles. The molecule has 2 aromatic rings. The van der Waals surface area contributed by atoms with Gasteiger partial charge in [-0.1, -0.05) is 18.2 Å². The molecule has 0 atom stereocenters. The summed E-state index contributed by atoms with van der Waals surface area (Å²) in [7, 11) is -3.99. The molecule has 0 spiro atoms. The Bertz CT molecular complexity index is 927. The Kier molecular flexibility index (Phi) is 4.75. The van der Waals surface area contributed by atoms with E-state index in [0.717, 1.165) is 0 Å². The summed E-state index contributed by atoms with van der Waals surface area (Å²) in [5, 5.41) is 10.8. The molecule has 12 heteroatoms. The maximum absolute atomic E-state index is 12.3. The van der Waals surface area contributed by atoms with Crippen molar-refractivity contribution in [2.75, 3.05) is 19.7 Å². The van der Waals surface area contributed by atoms with Gasteiger partial charge in [-0.25, -0.2) is 17.9 Å². The van der Waals surface area contributed by atoms with Crippen LogP contribution < -0.4 is 9.46 Å². The van der Waals surface area contributed by atoms with E-state index in [9.17, 15) is 23.3 Å². The second kappa shape index (κ2) is 7.00. The van der Waals surface area contributed by atoms with Gasteiger partial charge in [-0.3, -0.25) is 4.57 Å². The summed E-state index contributed by atoms with van der Waals surface area (Å²) >= 11 is 0. The molecule has 2 amide bonds. The van der Waals surface area contributed by atoms with Gasteiger partial charge in [-0.2, -0.15) is 0 Å². The summed E-state index contributed by atoms with van der Waals surface area (Å²) < 4.78 is 33.2. The van der Waals surface area contributed by atoms with E-state index in [-0.39, 0.29) is 43.0 Å². The Labute approximate surface area is 148 Å². The Morgan fingerprint density at radius 2 is 1.96 bits per heavy atom. The van der Waals surface area contributed by atoms with E-state index in [0.29, 0.717) is 0 Å². The maximum Gasteiger partial charge on any atom is 0.414 e. The normalized spacial score (nSPS) is 14.5. The number of carbonyl (C=O) groups is 1. The van der Waals surface area contributed by atoms with Crippen molar-refractivity contribution >= 4 is 21.9 Å². The molecule has 1 aromatic carbocycles. The fourth-order valence-electron chi connectivity index (χ4n) is 2.38. The van der Waals surface area contributed by atoms with Gasteiger partial charge in [-0.15, -0.1) is 0 Å². The van der Waals surface area contributed by atoms with Gasteiger partial charge in [0.2, 0.25) is 0 Å². The number of urea groups is 1.